The van der Waals surface area contributed by atoms with Crippen LogP contribution in [-0.4, -0.2) is 53.1 Å². The van der Waals surface area contributed by atoms with Crippen molar-refractivity contribution in [2.45, 2.75) is 44.1 Å². The summed E-state index contributed by atoms with van der Waals surface area (Å²) in [6, 6.07) is 20.0. The van der Waals surface area contributed by atoms with Crippen LogP contribution in [-0.2, 0) is 9.53 Å². The standard InChI is InChI=1S/C29H31N5O2/c30-21-24(29(35)36-23-11-5-2-6-12-23)27-28(32-26-14-8-7-13-25(26)31-27)34-19-17-33(18-20-34)16-15-22-9-3-1-4-10-22/h1,3-4,7-10,13-16,23-24H,2,5-6,11-12,17-20H2/b16-15+/t24-/m0/s1. The lowest BCUT2D eigenvalue weighted by atomic mass is 9.97. The number of aromatic nitrogens is 2. The topological polar surface area (TPSA) is 82.3 Å². The molecule has 0 bridgehead atoms. The number of carbonyl (C=O) groups excluding carboxylic acids is 1. The molecule has 184 valence electrons. The molecule has 1 saturated carbocycles. The van der Waals surface area contributed by atoms with Gasteiger partial charge in [-0.3, -0.25) is 4.79 Å². The molecule has 2 aromatic carbocycles. The number of rotatable bonds is 6. The summed E-state index contributed by atoms with van der Waals surface area (Å²) in [4.78, 5) is 27.2. The molecule has 1 atom stereocenters. The van der Waals surface area contributed by atoms with E-state index < -0.39 is 11.9 Å². The second kappa shape index (κ2) is 11.2. The van der Waals surface area contributed by atoms with Gasteiger partial charge in [-0.25, -0.2) is 9.97 Å². The zero-order chi connectivity index (χ0) is 24.7. The summed E-state index contributed by atoms with van der Waals surface area (Å²) >= 11 is 0. The molecule has 0 amide bonds. The number of piperazine rings is 1. The van der Waals surface area contributed by atoms with E-state index in [0.29, 0.717) is 17.0 Å². The van der Waals surface area contributed by atoms with E-state index in [4.69, 9.17) is 14.7 Å². The minimum Gasteiger partial charge on any atom is -0.461 e. The van der Waals surface area contributed by atoms with Gasteiger partial charge in [0.05, 0.1) is 17.1 Å². The SMILES string of the molecule is N#C[C@H](C(=O)OC1CCCCC1)c1nc2ccccc2nc1N1CCN(/C=C/c2ccccc2)CC1. The fourth-order valence-corrected chi connectivity index (χ4v) is 4.91. The third-order valence-corrected chi connectivity index (χ3v) is 6.94. The van der Waals surface area contributed by atoms with Gasteiger partial charge >= 0.3 is 5.97 Å². The molecule has 0 radical (unpaired) electrons. The van der Waals surface area contributed by atoms with E-state index >= 15 is 0 Å². The molecular formula is C29H31N5O2. The molecular weight excluding hydrogens is 450 g/mol. The Morgan fingerprint density at radius 2 is 1.61 bits per heavy atom. The highest BCUT2D eigenvalue weighted by molar-refractivity contribution is 5.85. The van der Waals surface area contributed by atoms with E-state index in [1.807, 2.05) is 42.5 Å². The normalized spacial score (nSPS) is 17.8. The van der Waals surface area contributed by atoms with Crippen LogP contribution in [0.15, 0.2) is 60.8 Å². The second-order valence-electron chi connectivity index (χ2n) is 9.43. The molecule has 1 aliphatic carbocycles. The molecule has 7 heteroatoms. The van der Waals surface area contributed by atoms with Crippen molar-refractivity contribution in [3.8, 4) is 6.07 Å². The van der Waals surface area contributed by atoms with Gasteiger partial charge in [0.15, 0.2) is 11.7 Å². The maximum absolute atomic E-state index is 13.1. The Morgan fingerprint density at radius 3 is 2.31 bits per heavy atom. The minimum atomic E-state index is -1.10. The first-order valence-electron chi connectivity index (χ1n) is 12.8. The van der Waals surface area contributed by atoms with Gasteiger partial charge in [-0.2, -0.15) is 5.26 Å². The molecule has 0 N–H and O–H groups in total. The van der Waals surface area contributed by atoms with Crippen molar-refractivity contribution in [3.05, 3.63) is 72.1 Å². The number of carbonyl (C=O) groups is 1. The molecule has 0 spiro atoms. The number of benzene rings is 2. The van der Waals surface area contributed by atoms with Crippen molar-refractivity contribution in [2.24, 2.45) is 0 Å². The lowest BCUT2D eigenvalue weighted by Crippen LogP contribution is -2.45. The number of ether oxygens (including phenoxy) is 1. The van der Waals surface area contributed by atoms with Gasteiger partial charge in [0, 0.05) is 26.2 Å². The van der Waals surface area contributed by atoms with Crippen molar-refractivity contribution >= 4 is 28.9 Å². The monoisotopic (exact) mass is 481 g/mol. The van der Waals surface area contributed by atoms with Crippen LogP contribution in [0.2, 0.25) is 0 Å². The van der Waals surface area contributed by atoms with E-state index in [2.05, 4.69) is 40.3 Å². The van der Waals surface area contributed by atoms with E-state index in [1.165, 1.54) is 6.42 Å². The third kappa shape index (κ3) is 5.49. The van der Waals surface area contributed by atoms with E-state index in [-0.39, 0.29) is 6.10 Å². The Morgan fingerprint density at radius 1 is 0.944 bits per heavy atom. The van der Waals surface area contributed by atoms with Crippen LogP contribution < -0.4 is 4.90 Å². The van der Waals surface area contributed by atoms with Gasteiger partial charge in [0.25, 0.3) is 0 Å². The van der Waals surface area contributed by atoms with Gasteiger partial charge in [-0.15, -0.1) is 0 Å². The fourth-order valence-electron chi connectivity index (χ4n) is 4.91. The summed E-state index contributed by atoms with van der Waals surface area (Å²) in [5, 5.41) is 10.0. The molecule has 2 aliphatic rings. The average Bonchev–Trinajstić information content (AvgIpc) is 2.93. The smallest absolute Gasteiger partial charge is 0.329 e. The molecule has 1 aliphatic heterocycles. The summed E-state index contributed by atoms with van der Waals surface area (Å²) < 4.78 is 5.78. The summed E-state index contributed by atoms with van der Waals surface area (Å²) in [6.45, 7) is 3.05. The number of nitrogens with zero attached hydrogens (tertiary/aromatic N) is 5. The quantitative estimate of drug-likeness (QED) is 0.463. The lowest BCUT2D eigenvalue weighted by molar-refractivity contribution is -0.150. The Kier molecular flexibility index (Phi) is 7.41. The third-order valence-electron chi connectivity index (χ3n) is 6.94. The molecule has 1 saturated heterocycles. The Bertz CT molecular complexity index is 1260. The first kappa shape index (κ1) is 23.8. The summed E-state index contributed by atoms with van der Waals surface area (Å²) in [6.07, 6.45) is 9.13. The molecule has 7 nitrogen and oxygen atoms in total. The number of anilines is 1. The van der Waals surface area contributed by atoms with Gasteiger partial charge in [0.1, 0.15) is 11.8 Å². The Hall–Kier alpha value is -3.92. The highest BCUT2D eigenvalue weighted by Gasteiger charge is 2.32. The number of para-hydroxylation sites is 2. The predicted octanol–water partition coefficient (Wildman–Crippen LogP) is 4.91. The van der Waals surface area contributed by atoms with Crippen LogP contribution in [0.5, 0.6) is 0 Å². The maximum Gasteiger partial charge on any atom is 0.329 e. The van der Waals surface area contributed by atoms with E-state index in [9.17, 15) is 10.1 Å². The molecule has 1 aromatic heterocycles. The largest absolute Gasteiger partial charge is 0.461 e. The summed E-state index contributed by atoms with van der Waals surface area (Å²) in [5.74, 6) is -1.01. The summed E-state index contributed by atoms with van der Waals surface area (Å²) in [7, 11) is 0. The van der Waals surface area contributed by atoms with E-state index in [1.54, 1.807) is 0 Å². The maximum atomic E-state index is 13.1. The van der Waals surface area contributed by atoms with Gasteiger partial charge in [-0.1, -0.05) is 48.9 Å². The number of nitriles is 1. The van der Waals surface area contributed by atoms with Crippen LogP contribution in [0.25, 0.3) is 17.1 Å². The fraction of sp³-hybridized carbons (Fsp3) is 0.379. The zero-order valence-corrected chi connectivity index (χ0v) is 20.4. The first-order chi connectivity index (χ1) is 17.7. The van der Waals surface area contributed by atoms with Crippen molar-refractivity contribution in [1.82, 2.24) is 14.9 Å². The highest BCUT2D eigenvalue weighted by Crippen LogP contribution is 2.30. The highest BCUT2D eigenvalue weighted by atomic mass is 16.5. The predicted molar refractivity (Wildman–Crippen MR) is 140 cm³/mol. The van der Waals surface area contributed by atoms with Crippen LogP contribution >= 0.6 is 0 Å². The van der Waals surface area contributed by atoms with Gasteiger partial charge in [0.2, 0.25) is 0 Å². The molecule has 5 rings (SSSR count). The molecule has 36 heavy (non-hydrogen) atoms. The summed E-state index contributed by atoms with van der Waals surface area (Å²) in [5.41, 5.74) is 2.98. The van der Waals surface area contributed by atoms with Crippen LogP contribution in [0.1, 0.15) is 49.3 Å². The molecule has 2 heterocycles. The Labute approximate surface area is 212 Å². The number of hydrogen-bond acceptors (Lipinski definition) is 7. The lowest BCUT2D eigenvalue weighted by Gasteiger charge is -2.35. The zero-order valence-electron chi connectivity index (χ0n) is 20.4. The van der Waals surface area contributed by atoms with Crippen molar-refractivity contribution < 1.29 is 9.53 Å². The molecule has 2 fully saturated rings. The minimum absolute atomic E-state index is 0.112. The van der Waals surface area contributed by atoms with Crippen molar-refractivity contribution in [3.63, 3.8) is 0 Å². The first-order valence-corrected chi connectivity index (χ1v) is 12.8. The second-order valence-corrected chi connectivity index (χ2v) is 9.43. The van der Waals surface area contributed by atoms with Crippen LogP contribution in [0, 0.1) is 11.3 Å². The van der Waals surface area contributed by atoms with Crippen LogP contribution in [0.4, 0.5) is 5.82 Å². The Balaban J connectivity index is 1.37. The van der Waals surface area contributed by atoms with Crippen molar-refractivity contribution in [1.29, 1.82) is 5.26 Å². The van der Waals surface area contributed by atoms with Gasteiger partial charge in [-0.05, 0) is 55.7 Å². The number of fused-ring (bicyclic) bond motifs is 1. The molecule has 3 aromatic rings. The van der Waals surface area contributed by atoms with E-state index in [0.717, 1.165) is 62.9 Å². The molecule has 0 unspecified atom stereocenters. The number of esters is 1. The van der Waals surface area contributed by atoms with Gasteiger partial charge < -0.3 is 14.5 Å². The van der Waals surface area contributed by atoms with Crippen molar-refractivity contribution in [2.75, 3.05) is 31.1 Å². The average molecular weight is 482 g/mol. The number of hydrogen-bond donors (Lipinski definition) is 0. The van der Waals surface area contributed by atoms with Crippen LogP contribution in [0.3, 0.4) is 0 Å².